The first kappa shape index (κ1) is 29.1. The molecule has 0 spiro atoms. The van der Waals surface area contributed by atoms with Gasteiger partial charge in [-0.3, -0.25) is 19.3 Å². The van der Waals surface area contributed by atoms with E-state index in [-0.39, 0.29) is 36.9 Å². The third kappa shape index (κ3) is 6.16. The number of aliphatic hydroxyl groups is 2. The Morgan fingerprint density at radius 1 is 1.14 bits per heavy atom. The van der Waals surface area contributed by atoms with Gasteiger partial charge in [-0.2, -0.15) is 0 Å². The van der Waals surface area contributed by atoms with E-state index in [0.29, 0.717) is 12.8 Å². The normalized spacial score (nSPS) is 24.5. The number of hydrogen-bond acceptors (Lipinski definition) is 8. The van der Waals surface area contributed by atoms with Gasteiger partial charge in [0.1, 0.15) is 0 Å². The van der Waals surface area contributed by atoms with Crippen LogP contribution >= 0.6 is 0 Å². The molecule has 9 heteroatoms. The standard InChI is InChI=1S/C28H41N3O6/c1-5-24(32)28(4,29-37)25(33)17-30(18(2)14-15-20-10-7-6-8-11-20)19(3)26(34)31-22-13-9-12-21(22)16-23(31)27(35)36/h6-8,10-11,18-19,21-23,27,35-36H,5,9,12-17H2,1-4H3/t18-,19+,21?,22?,23?,28?/m1/s1. The second-order valence-electron chi connectivity index (χ2n) is 10.8. The molecule has 1 aromatic carbocycles. The van der Waals surface area contributed by atoms with Gasteiger partial charge in [-0.25, -0.2) is 0 Å². The summed E-state index contributed by atoms with van der Waals surface area (Å²) in [5.41, 5.74) is -0.889. The number of rotatable bonds is 13. The zero-order valence-corrected chi connectivity index (χ0v) is 22.4. The van der Waals surface area contributed by atoms with Gasteiger partial charge in [0, 0.05) is 18.5 Å². The number of fused-ring (bicyclic) bond motifs is 1. The summed E-state index contributed by atoms with van der Waals surface area (Å²) in [5, 5.41) is 23.0. The molecular formula is C28H41N3O6. The van der Waals surface area contributed by atoms with Crippen molar-refractivity contribution in [3.05, 3.63) is 40.8 Å². The van der Waals surface area contributed by atoms with Crippen LogP contribution < -0.4 is 0 Å². The Labute approximate surface area is 219 Å². The predicted octanol–water partition coefficient (Wildman–Crippen LogP) is 2.85. The third-order valence-electron chi connectivity index (χ3n) is 8.51. The van der Waals surface area contributed by atoms with E-state index in [0.717, 1.165) is 31.2 Å². The molecule has 1 aliphatic heterocycles. The summed E-state index contributed by atoms with van der Waals surface area (Å²) in [6.45, 7) is 6.18. The summed E-state index contributed by atoms with van der Waals surface area (Å²) in [6, 6.07) is 8.12. The summed E-state index contributed by atoms with van der Waals surface area (Å²) in [6.07, 6.45) is 3.01. The fourth-order valence-corrected chi connectivity index (χ4v) is 6.06. The molecule has 1 aliphatic carbocycles. The van der Waals surface area contributed by atoms with Crippen LogP contribution in [0, 0.1) is 10.8 Å². The van der Waals surface area contributed by atoms with Crippen LogP contribution in [-0.4, -0.2) is 80.0 Å². The molecule has 2 aliphatic rings. The molecule has 9 nitrogen and oxygen atoms in total. The van der Waals surface area contributed by atoms with Gasteiger partial charge in [-0.15, -0.1) is 4.91 Å². The van der Waals surface area contributed by atoms with Crippen LogP contribution in [0.4, 0.5) is 0 Å². The summed E-state index contributed by atoms with van der Waals surface area (Å²) in [5.74, 6) is -1.23. The maximum Gasteiger partial charge on any atom is 0.240 e. The topological polar surface area (TPSA) is 128 Å². The number of ketones is 2. The van der Waals surface area contributed by atoms with Gasteiger partial charge in [0.05, 0.1) is 18.6 Å². The minimum absolute atomic E-state index is 0.00105. The predicted molar refractivity (Wildman–Crippen MR) is 140 cm³/mol. The second-order valence-corrected chi connectivity index (χ2v) is 10.8. The quantitative estimate of drug-likeness (QED) is 0.235. The number of carbonyl (C=O) groups excluding carboxylic acids is 3. The number of amides is 1. The van der Waals surface area contributed by atoms with Crippen LogP contribution in [0.1, 0.15) is 71.8 Å². The average Bonchev–Trinajstić information content (AvgIpc) is 3.50. The lowest BCUT2D eigenvalue weighted by molar-refractivity contribution is -0.152. The van der Waals surface area contributed by atoms with Crippen molar-refractivity contribution in [1.29, 1.82) is 0 Å². The molecule has 0 bridgehead atoms. The fraction of sp³-hybridized carbons (Fsp3) is 0.679. The number of aryl methyl sites for hydroxylation is 1. The Morgan fingerprint density at radius 3 is 2.41 bits per heavy atom. The van der Waals surface area contributed by atoms with Crippen LogP contribution in [0.25, 0.3) is 0 Å². The largest absolute Gasteiger partial charge is 0.366 e. The van der Waals surface area contributed by atoms with Crippen molar-refractivity contribution < 1.29 is 24.6 Å². The lowest BCUT2D eigenvalue weighted by atomic mass is 9.89. The van der Waals surface area contributed by atoms with Crippen LogP contribution in [0.5, 0.6) is 0 Å². The Balaban J connectivity index is 1.87. The number of likely N-dealkylation sites (tertiary alicyclic amines) is 1. The highest BCUT2D eigenvalue weighted by molar-refractivity contribution is 6.12. The van der Waals surface area contributed by atoms with Crippen molar-refractivity contribution in [3.8, 4) is 0 Å². The number of hydrogen-bond donors (Lipinski definition) is 2. The van der Waals surface area contributed by atoms with Gasteiger partial charge in [0.25, 0.3) is 0 Å². The molecule has 1 heterocycles. The zero-order valence-electron chi connectivity index (χ0n) is 22.4. The minimum Gasteiger partial charge on any atom is -0.366 e. The Hall–Kier alpha value is -2.49. The van der Waals surface area contributed by atoms with E-state index in [1.165, 1.54) is 6.92 Å². The van der Waals surface area contributed by atoms with Crippen molar-refractivity contribution in [2.24, 2.45) is 11.1 Å². The highest BCUT2D eigenvalue weighted by Crippen LogP contribution is 2.42. The first-order valence-electron chi connectivity index (χ1n) is 13.4. The van der Waals surface area contributed by atoms with Crippen molar-refractivity contribution in [1.82, 2.24) is 9.80 Å². The van der Waals surface area contributed by atoms with Gasteiger partial charge >= 0.3 is 0 Å². The van der Waals surface area contributed by atoms with Crippen LogP contribution in [0.15, 0.2) is 35.5 Å². The average molecular weight is 516 g/mol. The molecular weight excluding hydrogens is 474 g/mol. The summed E-state index contributed by atoms with van der Waals surface area (Å²) < 4.78 is 0. The molecule has 1 saturated carbocycles. The van der Waals surface area contributed by atoms with Crippen LogP contribution in [0.3, 0.4) is 0 Å². The smallest absolute Gasteiger partial charge is 0.240 e. The Bertz CT molecular complexity index is 970. The molecule has 204 valence electrons. The maximum atomic E-state index is 13.9. The highest BCUT2D eigenvalue weighted by atomic mass is 16.5. The van der Waals surface area contributed by atoms with E-state index in [1.54, 1.807) is 23.6 Å². The molecule has 0 aromatic heterocycles. The number of Topliss-reactive ketones (excluding diaryl/α,β-unsaturated/α-hetero) is 2. The van der Waals surface area contributed by atoms with Crippen molar-refractivity contribution >= 4 is 17.5 Å². The van der Waals surface area contributed by atoms with E-state index in [9.17, 15) is 29.5 Å². The van der Waals surface area contributed by atoms with E-state index in [2.05, 4.69) is 5.18 Å². The second kappa shape index (κ2) is 12.4. The molecule has 37 heavy (non-hydrogen) atoms. The van der Waals surface area contributed by atoms with Crippen molar-refractivity contribution in [2.45, 2.75) is 109 Å². The van der Waals surface area contributed by atoms with E-state index in [1.807, 2.05) is 37.3 Å². The zero-order chi connectivity index (χ0) is 27.3. The molecule has 1 aromatic rings. The fourth-order valence-electron chi connectivity index (χ4n) is 6.06. The van der Waals surface area contributed by atoms with Gasteiger partial charge < -0.3 is 15.1 Å². The van der Waals surface area contributed by atoms with Crippen molar-refractivity contribution in [2.75, 3.05) is 6.54 Å². The molecule has 2 N–H and O–H groups in total. The van der Waals surface area contributed by atoms with Crippen LogP contribution in [0.2, 0.25) is 0 Å². The number of carbonyl (C=O) groups is 3. The maximum absolute atomic E-state index is 13.9. The van der Waals surface area contributed by atoms with Crippen molar-refractivity contribution in [3.63, 3.8) is 0 Å². The number of benzene rings is 1. The Kier molecular flexibility index (Phi) is 9.72. The minimum atomic E-state index is -2.01. The summed E-state index contributed by atoms with van der Waals surface area (Å²) in [4.78, 5) is 54.7. The monoisotopic (exact) mass is 515 g/mol. The van der Waals surface area contributed by atoms with Gasteiger partial charge in [-0.05, 0) is 69.5 Å². The number of nitrogens with zero attached hydrogens (tertiary/aromatic N) is 3. The lowest BCUT2D eigenvalue weighted by Gasteiger charge is -2.39. The van der Waals surface area contributed by atoms with Gasteiger partial charge in [0.2, 0.25) is 11.4 Å². The Morgan fingerprint density at radius 2 is 1.81 bits per heavy atom. The molecule has 1 saturated heterocycles. The molecule has 4 unspecified atom stereocenters. The van der Waals surface area contributed by atoms with Gasteiger partial charge in [0.15, 0.2) is 17.9 Å². The van der Waals surface area contributed by atoms with Crippen LogP contribution in [-0.2, 0) is 20.8 Å². The van der Waals surface area contributed by atoms with E-state index < -0.39 is 35.5 Å². The SMILES string of the molecule is CCC(=O)C(C)(N=O)C(=O)CN([C@H](C)CCc1ccccc1)[C@@H](C)C(=O)N1C(C(O)O)CC2CCCC21. The summed E-state index contributed by atoms with van der Waals surface area (Å²) >= 11 is 0. The molecule has 1 amide bonds. The highest BCUT2D eigenvalue weighted by Gasteiger charge is 2.50. The number of nitroso groups, excluding NO2 is 1. The third-order valence-corrected chi connectivity index (χ3v) is 8.51. The lowest BCUT2D eigenvalue weighted by Crippen LogP contribution is -2.58. The molecule has 0 radical (unpaired) electrons. The number of aliphatic hydroxyl groups excluding tert-OH is 1. The summed E-state index contributed by atoms with van der Waals surface area (Å²) in [7, 11) is 0. The molecule has 6 atom stereocenters. The first-order chi connectivity index (χ1) is 17.5. The van der Waals surface area contributed by atoms with Gasteiger partial charge in [-0.1, -0.05) is 43.7 Å². The van der Waals surface area contributed by atoms with E-state index in [4.69, 9.17) is 0 Å². The first-order valence-corrected chi connectivity index (χ1v) is 13.4. The van der Waals surface area contributed by atoms with E-state index >= 15 is 0 Å². The molecule has 2 fully saturated rings. The molecule has 3 rings (SSSR count).